The summed E-state index contributed by atoms with van der Waals surface area (Å²) in [5.41, 5.74) is -0.479. The number of halogens is 3. The Morgan fingerprint density at radius 2 is 1.75 bits per heavy atom. The van der Waals surface area contributed by atoms with Crippen LogP contribution in [-0.4, -0.2) is 31.6 Å². The monoisotopic (exact) mass is 395 g/mol. The van der Waals surface area contributed by atoms with E-state index in [1.807, 2.05) is 0 Å². The molecule has 0 unspecified atom stereocenters. The SMILES string of the molecule is COC(=O)c1ccccc1NC(=O)COC(=O)Cc1cccc(C(F)(F)F)c1. The van der Waals surface area contributed by atoms with Crippen molar-refractivity contribution in [1.29, 1.82) is 0 Å². The van der Waals surface area contributed by atoms with Crippen LogP contribution in [0, 0.1) is 0 Å². The first-order valence-electron chi connectivity index (χ1n) is 7.99. The molecule has 0 aliphatic rings. The Bertz CT molecular complexity index is 880. The fourth-order valence-corrected chi connectivity index (χ4v) is 2.29. The number of methoxy groups -OCH3 is 1. The number of carbonyl (C=O) groups excluding carboxylic acids is 3. The zero-order valence-corrected chi connectivity index (χ0v) is 14.7. The molecule has 2 aromatic carbocycles. The summed E-state index contributed by atoms with van der Waals surface area (Å²) < 4.78 is 47.4. The van der Waals surface area contributed by atoms with Gasteiger partial charge in [-0.25, -0.2) is 4.79 Å². The topological polar surface area (TPSA) is 81.7 Å². The van der Waals surface area contributed by atoms with Crippen LogP contribution in [0.25, 0.3) is 0 Å². The minimum Gasteiger partial charge on any atom is -0.465 e. The van der Waals surface area contributed by atoms with E-state index in [1.54, 1.807) is 12.1 Å². The molecule has 0 radical (unpaired) electrons. The molecule has 0 heterocycles. The van der Waals surface area contributed by atoms with Crippen molar-refractivity contribution in [2.45, 2.75) is 12.6 Å². The van der Waals surface area contributed by atoms with E-state index in [1.165, 1.54) is 31.4 Å². The van der Waals surface area contributed by atoms with Gasteiger partial charge < -0.3 is 14.8 Å². The lowest BCUT2D eigenvalue weighted by Gasteiger charge is -2.10. The largest absolute Gasteiger partial charge is 0.465 e. The van der Waals surface area contributed by atoms with E-state index in [2.05, 4.69) is 10.1 Å². The zero-order valence-electron chi connectivity index (χ0n) is 14.7. The van der Waals surface area contributed by atoms with Crippen molar-refractivity contribution >= 4 is 23.5 Å². The number of amides is 1. The Hall–Kier alpha value is -3.36. The molecule has 6 nitrogen and oxygen atoms in total. The molecule has 0 aromatic heterocycles. The number of hydrogen-bond donors (Lipinski definition) is 1. The van der Waals surface area contributed by atoms with Gasteiger partial charge in [-0.2, -0.15) is 13.2 Å². The smallest absolute Gasteiger partial charge is 0.416 e. The highest BCUT2D eigenvalue weighted by atomic mass is 19.4. The lowest BCUT2D eigenvalue weighted by molar-refractivity contribution is -0.146. The normalized spacial score (nSPS) is 10.9. The third-order valence-electron chi connectivity index (χ3n) is 3.57. The summed E-state index contributed by atoms with van der Waals surface area (Å²) in [6.45, 7) is -0.659. The van der Waals surface area contributed by atoms with Crippen molar-refractivity contribution in [1.82, 2.24) is 0 Å². The van der Waals surface area contributed by atoms with Crippen LogP contribution in [0.1, 0.15) is 21.5 Å². The highest BCUT2D eigenvalue weighted by Crippen LogP contribution is 2.29. The number of para-hydroxylation sites is 1. The van der Waals surface area contributed by atoms with E-state index >= 15 is 0 Å². The molecule has 0 aliphatic carbocycles. The molecule has 0 aliphatic heterocycles. The Morgan fingerprint density at radius 1 is 1.04 bits per heavy atom. The van der Waals surface area contributed by atoms with E-state index in [9.17, 15) is 27.6 Å². The molecule has 0 saturated heterocycles. The number of alkyl halides is 3. The molecule has 148 valence electrons. The third kappa shape index (κ3) is 5.83. The maximum Gasteiger partial charge on any atom is 0.416 e. The van der Waals surface area contributed by atoms with Crippen molar-refractivity contribution in [3.8, 4) is 0 Å². The first-order valence-corrected chi connectivity index (χ1v) is 7.99. The molecule has 2 rings (SSSR count). The van der Waals surface area contributed by atoms with Crippen molar-refractivity contribution < 1.29 is 37.0 Å². The molecule has 0 saturated carbocycles. The first-order chi connectivity index (χ1) is 13.2. The third-order valence-corrected chi connectivity index (χ3v) is 3.57. The van der Waals surface area contributed by atoms with E-state index < -0.39 is 42.6 Å². The van der Waals surface area contributed by atoms with Gasteiger partial charge in [0.15, 0.2) is 6.61 Å². The fraction of sp³-hybridized carbons (Fsp3) is 0.211. The predicted molar refractivity (Wildman–Crippen MR) is 92.5 cm³/mol. The molecule has 0 fully saturated rings. The molecule has 1 N–H and O–H groups in total. The zero-order chi connectivity index (χ0) is 20.7. The highest BCUT2D eigenvalue weighted by Gasteiger charge is 2.30. The van der Waals surface area contributed by atoms with Crippen LogP contribution >= 0.6 is 0 Å². The summed E-state index contributed by atoms with van der Waals surface area (Å²) in [5.74, 6) is -2.23. The number of ether oxygens (including phenoxy) is 2. The lowest BCUT2D eigenvalue weighted by atomic mass is 10.1. The molecule has 2 aromatic rings. The second-order valence-corrected chi connectivity index (χ2v) is 5.62. The molecule has 9 heteroatoms. The standard InChI is InChI=1S/C19H16F3NO5/c1-27-18(26)14-7-2-3-8-15(14)23-16(24)11-28-17(25)10-12-5-4-6-13(9-12)19(20,21)22/h2-9H,10-11H2,1H3,(H,23,24). The van der Waals surface area contributed by atoms with Gasteiger partial charge in [0.1, 0.15) is 0 Å². The molecule has 1 amide bonds. The summed E-state index contributed by atoms with van der Waals surface area (Å²) in [6, 6.07) is 10.3. The van der Waals surface area contributed by atoms with Crippen LogP contribution < -0.4 is 5.32 Å². The first kappa shape index (κ1) is 20.9. The number of nitrogens with one attached hydrogen (secondary N) is 1. The number of rotatable bonds is 6. The molecular weight excluding hydrogens is 379 g/mol. The molecule has 0 atom stereocenters. The van der Waals surface area contributed by atoms with Crippen LogP contribution in [0.3, 0.4) is 0 Å². The quantitative estimate of drug-likeness (QED) is 0.760. The Kier molecular flexibility index (Phi) is 6.75. The van der Waals surface area contributed by atoms with E-state index in [4.69, 9.17) is 4.74 Å². The van der Waals surface area contributed by atoms with Gasteiger partial charge in [-0.15, -0.1) is 0 Å². The Labute approximate surface area is 158 Å². The summed E-state index contributed by atoms with van der Waals surface area (Å²) in [4.78, 5) is 35.4. The van der Waals surface area contributed by atoms with Gasteiger partial charge in [0.05, 0.1) is 30.3 Å². The van der Waals surface area contributed by atoms with Crippen LogP contribution in [0.5, 0.6) is 0 Å². The average molecular weight is 395 g/mol. The van der Waals surface area contributed by atoms with E-state index in [-0.39, 0.29) is 16.8 Å². The van der Waals surface area contributed by atoms with Crippen LogP contribution in [0.15, 0.2) is 48.5 Å². The van der Waals surface area contributed by atoms with Crippen molar-refractivity contribution in [2.75, 3.05) is 19.0 Å². The van der Waals surface area contributed by atoms with Gasteiger partial charge in [-0.3, -0.25) is 9.59 Å². The lowest BCUT2D eigenvalue weighted by Crippen LogP contribution is -2.23. The van der Waals surface area contributed by atoms with Gasteiger partial charge in [-0.05, 0) is 23.8 Å². The number of benzene rings is 2. The minimum atomic E-state index is -4.52. The summed E-state index contributed by atoms with van der Waals surface area (Å²) in [5, 5.41) is 2.41. The van der Waals surface area contributed by atoms with Crippen molar-refractivity contribution in [3.05, 3.63) is 65.2 Å². The van der Waals surface area contributed by atoms with Crippen LogP contribution in [0.2, 0.25) is 0 Å². The van der Waals surface area contributed by atoms with E-state index in [0.29, 0.717) is 0 Å². The number of hydrogen-bond acceptors (Lipinski definition) is 5. The maximum atomic E-state index is 12.7. The number of anilines is 1. The minimum absolute atomic E-state index is 0.108. The molecule has 28 heavy (non-hydrogen) atoms. The van der Waals surface area contributed by atoms with Crippen molar-refractivity contribution in [2.24, 2.45) is 0 Å². The molecule has 0 bridgehead atoms. The highest BCUT2D eigenvalue weighted by molar-refractivity contribution is 6.01. The van der Waals surface area contributed by atoms with Gasteiger partial charge in [0, 0.05) is 0 Å². The summed E-state index contributed by atoms with van der Waals surface area (Å²) in [7, 11) is 1.19. The van der Waals surface area contributed by atoms with Gasteiger partial charge >= 0.3 is 18.1 Å². The Morgan fingerprint density at radius 3 is 2.43 bits per heavy atom. The van der Waals surface area contributed by atoms with Gasteiger partial charge in [-0.1, -0.05) is 30.3 Å². The summed E-state index contributed by atoms with van der Waals surface area (Å²) in [6.07, 6.45) is -4.94. The molecule has 0 spiro atoms. The second kappa shape index (κ2) is 9.03. The van der Waals surface area contributed by atoms with E-state index in [0.717, 1.165) is 12.1 Å². The number of carbonyl (C=O) groups is 3. The second-order valence-electron chi connectivity index (χ2n) is 5.62. The van der Waals surface area contributed by atoms with Crippen molar-refractivity contribution in [3.63, 3.8) is 0 Å². The number of esters is 2. The fourth-order valence-electron chi connectivity index (χ4n) is 2.29. The van der Waals surface area contributed by atoms with Gasteiger partial charge in [0.25, 0.3) is 5.91 Å². The van der Waals surface area contributed by atoms with Crippen LogP contribution in [0.4, 0.5) is 18.9 Å². The predicted octanol–water partition coefficient (Wildman–Crippen LogP) is 3.22. The summed E-state index contributed by atoms with van der Waals surface area (Å²) >= 11 is 0. The molecular formula is C19H16F3NO5. The van der Waals surface area contributed by atoms with Crippen LogP contribution in [-0.2, 0) is 31.7 Å². The maximum absolute atomic E-state index is 12.7. The average Bonchev–Trinajstić information content (AvgIpc) is 2.66. The van der Waals surface area contributed by atoms with Gasteiger partial charge in [0.2, 0.25) is 0 Å². The Balaban J connectivity index is 1.92.